The molecular formula is C13H23NO3. The van der Waals surface area contributed by atoms with Crippen molar-refractivity contribution < 1.29 is 13.9 Å². The van der Waals surface area contributed by atoms with E-state index >= 15 is 0 Å². The summed E-state index contributed by atoms with van der Waals surface area (Å²) in [7, 11) is 1.68. The van der Waals surface area contributed by atoms with Gasteiger partial charge in [-0.25, -0.2) is 0 Å². The topological polar surface area (TPSA) is 43.6 Å². The van der Waals surface area contributed by atoms with Crippen molar-refractivity contribution in [3.05, 3.63) is 24.2 Å². The van der Waals surface area contributed by atoms with E-state index in [-0.39, 0.29) is 0 Å². The molecule has 0 amide bonds. The maximum absolute atomic E-state index is 5.48. The van der Waals surface area contributed by atoms with Crippen LogP contribution in [0.1, 0.15) is 18.9 Å². The molecule has 0 saturated carbocycles. The molecule has 17 heavy (non-hydrogen) atoms. The SMILES string of the molecule is CCNC(CCOCCOC)Cc1ccoc1. The Morgan fingerprint density at radius 2 is 2.24 bits per heavy atom. The lowest BCUT2D eigenvalue weighted by atomic mass is 10.1. The second-order valence-electron chi connectivity index (χ2n) is 3.98. The molecule has 0 fully saturated rings. The Morgan fingerprint density at radius 3 is 2.88 bits per heavy atom. The number of rotatable bonds is 10. The summed E-state index contributed by atoms with van der Waals surface area (Å²) in [5.41, 5.74) is 1.23. The van der Waals surface area contributed by atoms with Gasteiger partial charge in [0.2, 0.25) is 0 Å². The Balaban J connectivity index is 2.18. The van der Waals surface area contributed by atoms with Crippen molar-refractivity contribution in [2.75, 3.05) is 33.5 Å². The molecule has 0 aromatic carbocycles. The fourth-order valence-electron chi connectivity index (χ4n) is 1.73. The van der Waals surface area contributed by atoms with E-state index in [0.717, 1.165) is 26.0 Å². The predicted octanol–water partition coefficient (Wildman–Crippen LogP) is 1.85. The fraction of sp³-hybridized carbons (Fsp3) is 0.692. The molecule has 0 aliphatic heterocycles. The summed E-state index contributed by atoms with van der Waals surface area (Å²) in [6, 6.07) is 2.45. The quantitative estimate of drug-likeness (QED) is 0.635. The molecule has 4 nitrogen and oxygen atoms in total. The van der Waals surface area contributed by atoms with E-state index in [1.165, 1.54) is 5.56 Å². The first kappa shape index (κ1) is 14.2. The summed E-state index contributed by atoms with van der Waals surface area (Å²) in [5.74, 6) is 0. The molecule has 0 radical (unpaired) electrons. The summed E-state index contributed by atoms with van der Waals surface area (Å²) in [5, 5.41) is 3.46. The third kappa shape index (κ3) is 6.46. The van der Waals surface area contributed by atoms with Gasteiger partial charge in [0.05, 0.1) is 25.7 Å². The highest BCUT2D eigenvalue weighted by Crippen LogP contribution is 2.06. The first-order valence-electron chi connectivity index (χ1n) is 6.18. The van der Waals surface area contributed by atoms with Gasteiger partial charge in [-0.1, -0.05) is 6.92 Å². The zero-order chi connectivity index (χ0) is 12.3. The van der Waals surface area contributed by atoms with Gasteiger partial charge in [-0.3, -0.25) is 0 Å². The molecule has 1 unspecified atom stereocenters. The van der Waals surface area contributed by atoms with Crippen LogP contribution in [0.2, 0.25) is 0 Å². The van der Waals surface area contributed by atoms with Crippen LogP contribution in [0.3, 0.4) is 0 Å². The number of furan rings is 1. The third-order valence-corrected chi connectivity index (χ3v) is 2.60. The number of methoxy groups -OCH3 is 1. The highest BCUT2D eigenvalue weighted by molar-refractivity contribution is 5.07. The molecule has 98 valence electrons. The highest BCUT2D eigenvalue weighted by Gasteiger charge is 2.08. The second-order valence-corrected chi connectivity index (χ2v) is 3.98. The van der Waals surface area contributed by atoms with E-state index in [2.05, 4.69) is 12.2 Å². The van der Waals surface area contributed by atoms with Crippen molar-refractivity contribution in [2.24, 2.45) is 0 Å². The maximum atomic E-state index is 5.48. The molecule has 4 heteroatoms. The van der Waals surface area contributed by atoms with Gasteiger partial charge in [-0.2, -0.15) is 0 Å². The van der Waals surface area contributed by atoms with E-state index in [1.807, 2.05) is 6.07 Å². The van der Waals surface area contributed by atoms with Gasteiger partial charge in [0.1, 0.15) is 0 Å². The van der Waals surface area contributed by atoms with Crippen LogP contribution in [-0.2, 0) is 15.9 Å². The summed E-state index contributed by atoms with van der Waals surface area (Å²) in [4.78, 5) is 0. The van der Waals surface area contributed by atoms with Crippen LogP contribution < -0.4 is 5.32 Å². The molecular weight excluding hydrogens is 218 g/mol. The van der Waals surface area contributed by atoms with Crippen molar-refractivity contribution in [1.82, 2.24) is 5.32 Å². The Morgan fingerprint density at radius 1 is 1.35 bits per heavy atom. The smallest absolute Gasteiger partial charge is 0.0935 e. The van der Waals surface area contributed by atoms with Crippen LogP contribution in [-0.4, -0.2) is 39.5 Å². The lowest BCUT2D eigenvalue weighted by molar-refractivity contribution is 0.0659. The molecule has 0 saturated heterocycles. The average molecular weight is 241 g/mol. The molecule has 0 aliphatic carbocycles. The Kier molecular flexibility index (Phi) is 7.71. The molecule has 1 rings (SSSR count). The predicted molar refractivity (Wildman–Crippen MR) is 67.2 cm³/mol. The number of ether oxygens (including phenoxy) is 2. The van der Waals surface area contributed by atoms with Gasteiger partial charge in [-0.05, 0) is 31.0 Å². The largest absolute Gasteiger partial charge is 0.472 e. The lowest BCUT2D eigenvalue weighted by Crippen LogP contribution is -2.32. The average Bonchev–Trinajstić information content (AvgIpc) is 2.82. The van der Waals surface area contributed by atoms with Crippen LogP contribution in [0.25, 0.3) is 0 Å². The lowest BCUT2D eigenvalue weighted by Gasteiger charge is -2.17. The zero-order valence-electron chi connectivity index (χ0n) is 10.8. The Bertz CT molecular complexity index is 262. The molecule has 1 aromatic rings. The molecule has 1 atom stereocenters. The standard InChI is InChI=1S/C13H23NO3/c1-3-14-13(5-7-16-9-8-15-2)10-12-4-6-17-11-12/h4,6,11,13-14H,3,5,7-10H2,1-2H3. The zero-order valence-corrected chi connectivity index (χ0v) is 10.8. The summed E-state index contributed by atoms with van der Waals surface area (Å²) in [6.45, 7) is 5.18. The monoisotopic (exact) mass is 241 g/mol. The van der Waals surface area contributed by atoms with Crippen LogP contribution in [0.4, 0.5) is 0 Å². The molecule has 0 bridgehead atoms. The van der Waals surface area contributed by atoms with Crippen LogP contribution >= 0.6 is 0 Å². The number of hydrogen-bond acceptors (Lipinski definition) is 4. The van der Waals surface area contributed by atoms with Gasteiger partial charge in [0.25, 0.3) is 0 Å². The molecule has 1 heterocycles. The van der Waals surface area contributed by atoms with Crippen LogP contribution in [0.15, 0.2) is 23.0 Å². The van der Waals surface area contributed by atoms with Gasteiger partial charge < -0.3 is 19.2 Å². The molecule has 0 aliphatic rings. The number of nitrogens with one attached hydrogen (secondary N) is 1. The van der Waals surface area contributed by atoms with Crippen LogP contribution in [0.5, 0.6) is 0 Å². The van der Waals surface area contributed by atoms with Gasteiger partial charge in [0.15, 0.2) is 0 Å². The Hall–Kier alpha value is -0.840. The molecule has 1 aromatic heterocycles. The first-order chi connectivity index (χ1) is 8.36. The van der Waals surface area contributed by atoms with Crippen molar-refractivity contribution in [3.63, 3.8) is 0 Å². The van der Waals surface area contributed by atoms with Crippen molar-refractivity contribution >= 4 is 0 Å². The summed E-state index contributed by atoms with van der Waals surface area (Å²) >= 11 is 0. The molecule has 1 N–H and O–H groups in total. The van der Waals surface area contributed by atoms with Gasteiger partial charge in [0, 0.05) is 19.8 Å². The Labute approximate surface area is 103 Å². The fourth-order valence-corrected chi connectivity index (χ4v) is 1.73. The van der Waals surface area contributed by atoms with E-state index in [0.29, 0.717) is 19.3 Å². The number of hydrogen-bond donors (Lipinski definition) is 1. The number of likely N-dealkylation sites (N-methyl/N-ethyl adjacent to an activating group) is 1. The summed E-state index contributed by atoms with van der Waals surface area (Å²) < 4.78 is 15.5. The summed E-state index contributed by atoms with van der Waals surface area (Å²) in [6.07, 6.45) is 5.50. The van der Waals surface area contributed by atoms with E-state index in [1.54, 1.807) is 19.6 Å². The van der Waals surface area contributed by atoms with E-state index in [9.17, 15) is 0 Å². The second kappa shape index (κ2) is 9.22. The normalized spacial score (nSPS) is 12.8. The minimum Gasteiger partial charge on any atom is -0.472 e. The van der Waals surface area contributed by atoms with E-state index in [4.69, 9.17) is 13.9 Å². The van der Waals surface area contributed by atoms with Gasteiger partial charge in [-0.15, -0.1) is 0 Å². The minimum absolute atomic E-state index is 0.445. The van der Waals surface area contributed by atoms with Crippen LogP contribution in [0, 0.1) is 0 Å². The third-order valence-electron chi connectivity index (χ3n) is 2.60. The highest BCUT2D eigenvalue weighted by atomic mass is 16.5. The van der Waals surface area contributed by atoms with Crippen molar-refractivity contribution in [2.45, 2.75) is 25.8 Å². The van der Waals surface area contributed by atoms with E-state index < -0.39 is 0 Å². The molecule has 0 spiro atoms. The van der Waals surface area contributed by atoms with Crippen molar-refractivity contribution in [1.29, 1.82) is 0 Å². The first-order valence-corrected chi connectivity index (χ1v) is 6.18. The maximum Gasteiger partial charge on any atom is 0.0935 e. The van der Waals surface area contributed by atoms with Crippen molar-refractivity contribution in [3.8, 4) is 0 Å². The minimum atomic E-state index is 0.445. The van der Waals surface area contributed by atoms with Gasteiger partial charge >= 0.3 is 0 Å².